The summed E-state index contributed by atoms with van der Waals surface area (Å²) in [5, 5.41) is 7.84. The Balaban J connectivity index is 0. The zero-order valence-corrected chi connectivity index (χ0v) is 10.6. The number of nitrogens with zero attached hydrogens (tertiary/aromatic N) is 2. The van der Waals surface area contributed by atoms with Crippen LogP contribution in [0.15, 0.2) is 12.3 Å². The number of hydrogen-bond acceptors (Lipinski definition) is 2. The van der Waals surface area contributed by atoms with Gasteiger partial charge >= 0.3 is 0 Å². The Morgan fingerprint density at radius 3 is 1.86 bits per heavy atom. The maximum Gasteiger partial charge on any atom is 0.0659 e. The smallest absolute Gasteiger partial charge is 0.0659 e. The third-order valence-corrected chi connectivity index (χ3v) is 1.40. The molecule has 2 heteroatoms. The summed E-state index contributed by atoms with van der Waals surface area (Å²) in [6.45, 7) is 14.3. The second kappa shape index (κ2) is 10.2. The minimum Gasteiger partial charge on any atom is -0.159 e. The van der Waals surface area contributed by atoms with Gasteiger partial charge in [-0.15, -0.1) is 0 Å². The van der Waals surface area contributed by atoms with Crippen LogP contribution in [0.4, 0.5) is 0 Å². The van der Waals surface area contributed by atoms with Gasteiger partial charge in [0.2, 0.25) is 0 Å². The fourth-order valence-corrected chi connectivity index (χ4v) is 0.768. The van der Waals surface area contributed by atoms with Gasteiger partial charge in [-0.25, -0.2) is 0 Å². The lowest BCUT2D eigenvalue weighted by molar-refractivity contribution is 0.781. The molecule has 0 N–H and O–H groups in total. The van der Waals surface area contributed by atoms with Crippen molar-refractivity contribution in [3.8, 4) is 0 Å². The van der Waals surface area contributed by atoms with Crippen molar-refractivity contribution in [3.63, 3.8) is 0 Å². The average molecular weight is 196 g/mol. The predicted octanol–water partition coefficient (Wildman–Crippen LogP) is 3.96. The number of rotatable bonds is 1. The van der Waals surface area contributed by atoms with E-state index in [2.05, 4.69) is 30.1 Å². The van der Waals surface area contributed by atoms with Crippen molar-refractivity contribution in [2.45, 2.75) is 54.4 Å². The van der Waals surface area contributed by atoms with Crippen molar-refractivity contribution < 1.29 is 0 Å². The molecule has 82 valence electrons. The zero-order valence-electron chi connectivity index (χ0n) is 10.6. The maximum atomic E-state index is 3.99. The first-order valence-corrected chi connectivity index (χ1v) is 5.49. The van der Waals surface area contributed by atoms with Crippen molar-refractivity contribution in [1.82, 2.24) is 10.2 Å². The molecule has 0 radical (unpaired) electrons. The minimum atomic E-state index is 0.479. The monoisotopic (exact) mass is 196 g/mol. The molecular weight excluding hydrogens is 172 g/mol. The van der Waals surface area contributed by atoms with E-state index in [-0.39, 0.29) is 0 Å². The van der Waals surface area contributed by atoms with E-state index in [0.29, 0.717) is 5.92 Å². The largest absolute Gasteiger partial charge is 0.159 e. The summed E-state index contributed by atoms with van der Waals surface area (Å²) in [6, 6.07) is 2.07. The van der Waals surface area contributed by atoms with Gasteiger partial charge in [0, 0.05) is 0 Å². The third kappa shape index (κ3) is 6.58. The van der Waals surface area contributed by atoms with Gasteiger partial charge in [-0.2, -0.15) is 10.2 Å². The second-order valence-electron chi connectivity index (χ2n) is 2.81. The van der Waals surface area contributed by atoms with Gasteiger partial charge in [0.15, 0.2) is 0 Å². The maximum absolute atomic E-state index is 3.99. The molecule has 0 saturated carbocycles. The van der Waals surface area contributed by atoms with Crippen molar-refractivity contribution >= 4 is 0 Å². The first-order valence-electron chi connectivity index (χ1n) is 5.49. The SMILES string of the molecule is CC.CC.Cc1cnnc(C(C)C)c1. The van der Waals surface area contributed by atoms with E-state index in [1.165, 1.54) is 5.56 Å². The van der Waals surface area contributed by atoms with Crippen LogP contribution in [0.5, 0.6) is 0 Å². The summed E-state index contributed by atoms with van der Waals surface area (Å²) in [7, 11) is 0. The molecule has 0 aromatic carbocycles. The van der Waals surface area contributed by atoms with E-state index >= 15 is 0 Å². The summed E-state index contributed by atoms with van der Waals surface area (Å²) < 4.78 is 0. The van der Waals surface area contributed by atoms with Gasteiger partial charge in [0.25, 0.3) is 0 Å². The zero-order chi connectivity index (χ0) is 11.6. The standard InChI is InChI=1S/C8H12N2.2C2H6/c1-6(2)8-4-7(3)5-9-10-8;2*1-2/h4-6H,1-3H3;2*1-2H3. The van der Waals surface area contributed by atoms with E-state index in [0.717, 1.165) is 5.69 Å². The lowest BCUT2D eigenvalue weighted by Crippen LogP contribution is -1.94. The summed E-state index contributed by atoms with van der Waals surface area (Å²) >= 11 is 0. The van der Waals surface area contributed by atoms with Crippen molar-refractivity contribution in [3.05, 3.63) is 23.5 Å². The molecule has 0 bridgehead atoms. The van der Waals surface area contributed by atoms with Gasteiger partial charge in [-0.3, -0.25) is 0 Å². The molecule has 0 fully saturated rings. The Kier molecular flexibility index (Phi) is 11.3. The second-order valence-corrected chi connectivity index (χ2v) is 2.81. The van der Waals surface area contributed by atoms with Crippen LogP contribution >= 0.6 is 0 Å². The molecule has 0 aliphatic rings. The number of hydrogen-bond donors (Lipinski definition) is 0. The summed E-state index contributed by atoms with van der Waals surface area (Å²) in [5.74, 6) is 0.479. The molecule has 2 nitrogen and oxygen atoms in total. The predicted molar refractivity (Wildman–Crippen MR) is 63.6 cm³/mol. The van der Waals surface area contributed by atoms with Crippen LogP contribution in [-0.2, 0) is 0 Å². The molecule has 1 aromatic heterocycles. The summed E-state index contributed by atoms with van der Waals surface area (Å²) in [5.41, 5.74) is 2.25. The highest BCUT2D eigenvalue weighted by Crippen LogP contribution is 2.09. The highest BCUT2D eigenvalue weighted by atomic mass is 15.1. The fourth-order valence-electron chi connectivity index (χ4n) is 0.768. The lowest BCUT2D eigenvalue weighted by Gasteiger charge is -2.01. The molecule has 0 aliphatic heterocycles. The van der Waals surface area contributed by atoms with E-state index in [4.69, 9.17) is 0 Å². The topological polar surface area (TPSA) is 25.8 Å². The van der Waals surface area contributed by atoms with Gasteiger partial charge in [0.05, 0.1) is 11.9 Å². The molecule has 0 unspecified atom stereocenters. The average Bonchev–Trinajstić information content (AvgIpc) is 2.24. The van der Waals surface area contributed by atoms with Crippen LogP contribution in [0, 0.1) is 6.92 Å². The lowest BCUT2D eigenvalue weighted by atomic mass is 10.1. The van der Waals surface area contributed by atoms with Crippen LogP contribution in [-0.4, -0.2) is 10.2 Å². The molecule has 1 aromatic rings. The van der Waals surface area contributed by atoms with Crippen molar-refractivity contribution in [2.24, 2.45) is 0 Å². The van der Waals surface area contributed by atoms with E-state index in [9.17, 15) is 0 Å². The molecule has 14 heavy (non-hydrogen) atoms. The van der Waals surface area contributed by atoms with Gasteiger partial charge < -0.3 is 0 Å². The van der Waals surface area contributed by atoms with Crippen LogP contribution < -0.4 is 0 Å². The normalized spacial score (nSPS) is 8.29. The first-order chi connectivity index (χ1) is 6.70. The minimum absolute atomic E-state index is 0.479. The molecule has 0 atom stereocenters. The third-order valence-electron chi connectivity index (χ3n) is 1.40. The van der Waals surface area contributed by atoms with Crippen molar-refractivity contribution in [1.29, 1.82) is 0 Å². The molecule has 1 rings (SSSR count). The Morgan fingerprint density at radius 1 is 1.07 bits per heavy atom. The first kappa shape index (κ1) is 15.5. The molecule has 0 aliphatic carbocycles. The van der Waals surface area contributed by atoms with Crippen LogP contribution in [0.1, 0.15) is 58.7 Å². The Bertz CT molecular complexity index is 219. The highest BCUT2D eigenvalue weighted by Gasteiger charge is 1.99. The molecule has 0 spiro atoms. The van der Waals surface area contributed by atoms with Crippen LogP contribution in [0.3, 0.4) is 0 Å². The summed E-state index contributed by atoms with van der Waals surface area (Å²) in [6.07, 6.45) is 1.77. The molecule has 1 heterocycles. The number of aryl methyl sites for hydroxylation is 1. The van der Waals surface area contributed by atoms with Crippen molar-refractivity contribution in [2.75, 3.05) is 0 Å². The van der Waals surface area contributed by atoms with E-state index in [1.807, 2.05) is 34.6 Å². The van der Waals surface area contributed by atoms with Crippen LogP contribution in [0.25, 0.3) is 0 Å². The van der Waals surface area contributed by atoms with Gasteiger partial charge in [0.1, 0.15) is 0 Å². The Labute approximate surface area is 88.8 Å². The molecular formula is C12H24N2. The van der Waals surface area contributed by atoms with Crippen LogP contribution in [0.2, 0.25) is 0 Å². The van der Waals surface area contributed by atoms with Gasteiger partial charge in [-0.1, -0.05) is 41.5 Å². The summed E-state index contributed by atoms with van der Waals surface area (Å²) in [4.78, 5) is 0. The fraction of sp³-hybridized carbons (Fsp3) is 0.667. The molecule has 0 saturated heterocycles. The van der Waals surface area contributed by atoms with E-state index < -0.39 is 0 Å². The molecule has 0 amide bonds. The Hall–Kier alpha value is -0.920. The number of aromatic nitrogens is 2. The quantitative estimate of drug-likeness (QED) is 0.679. The van der Waals surface area contributed by atoms with Gasteiger partial charge in [-0.05, 0) is 24.5 Å². The Morgan fingerprint density at radius 2 is 1.57 bits per heavy atom. The highest BCUT2D eigenvalue weighted by molar-refractivity contribution is 5.12. The van der Waals surface area contributed by atoms with E-state index in [1.54, 1.807) is 6.20 Å².